The first-order valence-corrected chi connectivity index (χ1v) is 5.79. The summed E-state index contributed by atoms with van der Waals surface area (Å²) in [5.74, 6) is -2.06. The van der Waals surface area contributed by atoms with E-state index in [-0.39, 0.29) is 12.8 Å². The van der Waals surface area contributed by atoms with E-state index in [4.69, 9.17) is 21.8 Å². The topological polar surface area (TPSA) is 86.6 Å². The van der Waals surface area contributed by atoms with Crippen LogP contribution in [0.15, 0.2) is 24.3 Å². The molecule has 18 heavy (non-hydrogen) atoms. The number of rotatable bonds is 7. The molecule has 0 unspecified atom stereocenters. The Morgan fingerprint density at radius 2 is 1.83 bits per heavy atom. The molecule has 0 fully saturated rings. The molecular formula is C12H14ClNO4. The molecule has 0 aliphatic heterocycles. The average molecular weight is 272 g/mol. The smallest absolute Gasteiger partial charge is 0.320 e. The lowest BCUT2D eigenvalue weighted by Gasteiger charge is -2.13. The Labute approximate surface area is 109 Å². The van der Waals surface area contributed by atoms with E-state index >= 15 is 0 Å². The number of carbonyl (C=O) groups is 2. The van der Waals surface area contributed by atoms with Crippen LogP contribution >= 0.6 is 11.6 Å². The molecule has 98 valence electrons. The van der Waals surface area contributed by atoms with Gasteiger partial charge in [0.1, 0.15) is 6.04 Å². The van der Waals surface area contributed by atoms with Gasteiger partial charge in [-0.1, -0.05) is 23.7 Å². The van der Waals surface area contributed by atoms with E-state index < -0.39 is 18.0 Å². The minimum Gasteiger partial charge on any atom is -0.481 e. The molecule has 0 saturated carbocycles. The molecular weight excluding hydrogens is 258 g/mol. The molecule has 1 atom stereocenters. The van der Waals surface area contributed by atoms with Gasteiger partial charge in [0.2, 0.25) is 0 Å². The van der Waals surface area contributed by atoms with E-state index in [1.54, 1.807) is 24.3 Å². The van der Waals surface area contributed by atoms with E-state index in [2.05, 4.69) is 5.32 Å². The van der Waals surface area contributed by atoms with Gasteiger partial charge in [-0.25, -0.2) is 0 Å². The van der Waals surface area contributed by atoms with Gasteiger partial charge in [-0.15, -0.1) is 0 Å². The van der Waals surface area contributed by atoms with Gasteiger partial charge in [-0.3, -0.25) is 9.59 Å². The lowest BCUT2D eigenvalue weighted by atomic mass is 10.1. The Kier molecular flexibility index (Phi) is 5.61. The molecule has 0 bridgehead atoms. The highest BCUT2D eigenvalue weighted by Crippen LogP contribution is 2.09. The summed E-state index contributed by atoms with van der Waals surface area (Å²) in [5.41, 5.74) is 0.890. The van der Waals surface area contributed by atoms with Crippen molar-refractivity contribution in [2.45, 2.75) is 25.4 Å². The van der Waals surface area contributed by atoms with Crippen molar-refractivity contribution in [1.82, 2.24) is 5.32 Å². The fourth-order valence-corrected chi connectivity index (χ4v) is 1.55. The van der Waals surface area contributed by atoms with Crippen molar-refractivity contribution < 1.29 is 19.8 Å². The molecule has 3 N–H and O–H groups in total. The van der Waals surface area contributed by atoms with E-state index in [0.717, 1.165) is 5.56 Å². The van der Waals surface area contributed by atoms with E-state index in [1.165, 1.54) is 0 Å². The molecule has 0 saturated heterocycles. The van der Waals surface area contributed by atoms with Crippen molar-refractivity contribution in [2.75, 3.05) is 0 Å². The minimum atomic E-state index is -1.05. The summed E-state index contributed by atoms with van der Waals surface area (Å²) in [5, 5.41) is 20.9. The molecule has 1 aromatic carbocycles. The number of halogens is 1. The first-order chi connectivity index (χ1) is 8.49. The standard InChI is InChI=1S/C12H14ClNO4/c13-9-3-1-8(2-4-9)7-14-10(12(17)18)5-6-11(15)16/h1-4,10,14H,5-7H2,(H,15,16)(H,17,18)/t10-/m0/s1. The third-order valence-corrected chi connectivity index (χ3v) is 2.66. The predicted octanol–water partition coefficient (Wildman–Crippen LogP) is 1.75. The average Bonchev–Trinajstić information content (AvgIpc) is 2.30. The number of hydrogen-bond acceptors (Lipinski definition) is 3. The van der Waals surface area contributed by atoms with Gasteiger partial charge >= 0.3 is 11.9 Å². The Bertz CT molecular complexity index is 419. The number of carboxylic acids is 2. The SMILES string of the molecule is O=C(O)CC[C@H](NCc1ccc(Cl)cc1)C(=O)O. The van der Waals surface area contributed by atoms with Crippen molar-refractivity contribution in [3.05, 3.63) is 34.9 Å². The molecule has 0 aliphatic carbocycles. The molecule has 0 heterocycles. The van der Waals surface area contributed by atoms with Crippen LogP contribution < -0.4 is 5.32 Å². The number of benzene rings is 1. The molecule has 1 rings (SSSR count). The van der Waals surface area contributed by atoms with Gasteiger partial charge in [0.15, 0.2) is 0 Å². The normalized spacial score (nSPS) is 12.1. The zero-order valence-electron chi connectivity index (χ0n) is 9.60. The second kappa shape index (κ2) is 6.98. The Morgan fingerprint density at radius 3 is 2.33 bits per heavy atom. The molecule has 0 spiro atoms. The highest BCUT2D eigenvalue weighted by atomic mass is 35.5. The lowest BCUT2D eigenvalue weighted by molar-refractivity contribution is -0.140. The minimum absolute atomic E-state index is 0.0538. The second-order valence-corrected chi connectivity index (χ2v) is 4.27. The first-order valence-electron chi connectivity index (χ1n) is 5.41. The zero-order chi connectivity index (χ0) is 13.5. The summed E-state index contributed by atoms with van der Waals surface area (Å²) in [6.07, 6.45) is -0.122. The fourth-order valence-electron chi connectivity index (χ4n) is 1.42. The van der Waals surface area contributed by atoms with Crippen LogP contribution in [0.1, 0.15) is 18.4 Å². The summed E-state index contributed by atoms with van der Waals surface area (Å²) in [4.78, 5) is 21.3. The van der Waals surface area contributed by atoms with Gasteiger partial charge in [0, 0.05) is 18.0 Å². The molecule has 0 aromatic heterocycles. The van der Waals surface area contributed by atoms with Crippen molar-refractivity contribution in [1.29, 1.82) is 0 Å². The first kappa shape index (κ1) is 14.5. The maximum atomic E-state index is 10.9. The Balaban J connectivity index is 2.49. The van der Waals surface area contributed by atoms with Crippen LogP contribution in [0.25, 0.3) is 0 Å². The van der Waals surface area contributed by atoms with Crippen LogP contribution in [-0.4, -0.2) is 28.2 Å². The Hall–Kier alpha value is -1.59. The van der Waals surface area contributed by atoms with Crippen molar-refractivity contribution in [2.24, 2.45) is 0 Å². The van der Waals surface area contributed by atoms with Crippen molar-refractivity contribution in [3.63, 3.8) is 0 Å². The van der Waals surface area contributed by atoms with Gasteiger partial charge < -0.3 is 15.5 Å². The van der Waals surface area contributed by atoms with Crippen LogP contribution in [0, 0.1) is 0 Å². The van der Waals surface area contributed by atoms with Gasteiger partial charge in [-0.05, 0) is 24.1 Å². The molecule has 0 radical (unpaired) electrons. The maximum absolute atomic E-state index is 10.9. The monoisotopic (exact) mass is 271 g/mol. The molecule has 5 nitrogen and oxygen atoms in total. The Morgan fingerprint density at radius 1 is 1.22 bits per heavy atom. The summed E-state index contributed by atoms with van der Waals surface area (Å²) in [6, 6.07) is 6.13. The van der Waals surface area contributed by atoms with Crippen LogP contribution in [0.3, 0.4) is 0 Å². The predicted molar refractivity (Wildman–Crippen MR) is 66.6 cm³/mol. The number of carboxylic acid groups (broad SMARTS) is 2. The van der Waals surface area contributed by atoms with E-state index in [9.17, 15) is 9.59 Å². The number of aliphatic carboxylic acids is 2. The summed E-state index contributed by atoms with van der Waals surface area (Å²) >= 11 is 5.73. The quantitative estimate of drug-likeness (QED) is 0.703. The van der Waals surface area contributed by atoms with E-state index in [0.29, 0.717) is 11.6 Å². The molecule has 6 heteroatoms. The highest BCUT2D eigenvalue weighted by molar-refractivity contribution is 6.30. The third kappa shape index (κ3) is 5.16. The second-order valence-electron chi connectivity index (χ2n) is 3.83. The third-order valence-electron chi connectivity index (χ3n) is 2.41. The highest BCUT2D eigenvalue weighted by Gasteiger charge is 2.17. The lowest BCUT2D eigenvalue weighted by Crippen LogP contribution is -2.36. The zero-order valence-corrected chi connectivity index (χ0v) is 10.4. The van der Waals surface area contributed by atoms with Crippen LogP contribution in [0.5, 0.6) is 0 Å². The van der Waals surface area contributed by atoms with Crippen LogP contribution in [0.2, 0.25) is 5.02 Å². The van der Waals surface area contributed by atoms with Crippen molar-refractivity contribution in [3.8, 4) is 0 Å². The summed E-state index contributed by atoms with van der Waals surface area (Å²) in [6.45, 7) is 0.355. The molecule has 0 aliphatic rings. The largest absolute Gasteiger partial charge is 0.481 e. The summed E-state index contributed by atoms with van der Waals surface area (Å²) < 4.78 is 0. The molecule has 0 amide bonds. The van der Waals surface area contributed by atoms with Gasteiger partial charge in [0.05, 0.1) is 0 Å². The van der Waals surface area contributed by atoms with Gasteiger partial charge in [0.25, 0.3) is 0 Å². The number of hydrogen-bond donors (Lipinski definition) is 3. The van der Waals surface area contributed by atoms with E-state index in [1.807, 2.05) is 0 Å². The summed E-state index contributed by atoms with van der Waals surface area (Å²) in [7, 11) is 0. The van der Waals surface area contributed by atoms with Crippen LogP contribution in [0.4, 0.5) is 0 Å². The molecule has 1 aromatic rings. The number of nitrogens with one attached hydrogen (secondary N) is 1. The van der Waals surface area contributed by atoms with Crippen molar-refractivity contribution >= 4 is 23.5 Å². The van der Waals surface area contributed by atoms with Gasteiger partial charge in [-0.2, -0.15) is 0 Å². The van der Waals surface area contributed by atoms with Crippen LogP contribution in [-0.2, 0) is 16.1 Å². The fraction of sp³-hybridized carbons (Fsp3) is 0.333. The maximum Gasteiger partial charge on any atom is 0.320 e.